The molecule has 5 N–H and O–H groups in total. The van der Waals surface area contributed by atoms with E-state index in [9.17, 15) is 29.2 Å². The highest BCUT2D eigenvalue weighted by atomic mass is 16.5. The molecule has 0 aliphatic heterocycles. The van der Waals surface area contributed by atoms with Crippen LogP contribution in [0.25, 0.3) is 0 Å². The van der Waals surface area contributed by atoms with Crippen LogP contribution in [0.5, 0.6) is 0 Å². The zero-order valence-corrected chi connectivity index (χ0v) is 31.7. The van der Waals surface area contributed by atoms with Gasteiger partial charge in [-0.05, 0) is 50.0 Å². The van der Waals surface area contributed by atoms with Gasteiger partial charge in [-0.3, -0.25) is 24.0 Å². The minimum Gasteiger partial charge on any atom is -0.619 e. The zero-order chi connectivity index (χ0) is 38.3. The molecule has 0 saturated carbocycles. The summed E-state index contributed by atoms with van der Waals surface area (Å²) in [6.45, 7) is 15.8. The van der Waals surface area contributed by atoms with Crippen LogP contribution < -0.4 is 31.3 Å². The Kier molecular flexibility index (Phi) is 17.0. The van der Waals surface area contributed by atoms with Gasteiger partial charge in [-0.15, -0.1) is 0 Å². The average molecular weight is 710 g/mol. The molecule has 13 nitrogen and oxygen atoms in total. The van der Waals surface area contributed by atoms with Crippen molar-refractivity contribution in [1.29, 1.82) is 0 Å². The van der Waals surface area contributed by atoms with E-state index in [-0.39, 0.29) is 41.2 Å². The number of likely N-dealkylation sites (N-methyl/N-ethyl adjacent to an activating group) is 2. The lowest BCUT2D eigenvalue weighted by molar-refractivity contribution is -0.605. The number of pyridine rings is 1. The highest BCUT2D eigenvalue weighted by Crippen LogP contribution is 2.23. The number of hydrogen-bond donors (Lipinski definition) is 5. The van der Waals surface area contributed by atoms with E-state index in [1.165, 1.54) is 29.4 Å². The number of amides is 5. The molecule has 51 heavy (non-hydrogen) atoms. The molecule has 2 aromatic rings. The highest BCUT2D eigenvalue weighted by molar-refractivity contribution is 5.98. The number of benzene rings is 1. The van der Waals surface area contributed by atoms with Crippen molar-refractivity contribution in [3.8, 4) is 0 Å². The molecule has 2 rings (SSSR count). The molecule has 1 unspecified atom stereocenters. The molecule has 13 heteroatoms. The number of aromatic nitrogens is 1. The Labute approximate surface area is 303 Å². The molecule has 1 heterocycles. The summed E-state index contributed by atoms with van der Waals surface area (Å²) < 4.78 is 0.572. The summed E-state index contributed by atoms with van der Waals surface area (Å²) in [5, 5.41) is 26.3. The third kappa shape index (κ3) is 14.3. The molecule has 0 aliphatic carbocycles. The molecule has 5 atom stereocenters. The van der Waals surface area contributed by atoms with Crippen LogP contribution in [0.4, 0.5) is 0 Å². The zero-order valence-electron chi connectivity index (χ0n) is 31.7. The fourth-order valence-electron chi connectivity index (χ4n) is 5.67. The molecule has 0 fully saturated rings. The summed E-state index contributed by atoms with van der Waals surface area (Å²) in [6, 6.07) is 8.84. The summed E-state index contributed by atoms with van der Waals surface area (Å²) in [5.74, 6) is -1.96. The quantitative estimate of drug-likeness (QED) is 0.110. The SMILES string of the molecule is CCC[C@@H](C(=O)N[C@H](CN[C@@H](C)C(=O)N[C@H](C(=O)NCC)C(C)C)Cc1ccccc1)N(C)C(=O)C(CC(C)(C)C)NC(=O)c1cc[n+]([O-])cc1. The van der Waals surface area contributed by atoms with E-state index in [1.807, 2.05) is 78.8 Å². The fraction of sp³-hybridized carbons (Fsp3) is 0.579. The van der Waals surface area contributed by atoms with Crippen LogP contribution in [0.1, 0.15) is 90.6 Å². The second-order valence-electron chi connectivity index (χ2n) is 14.6. The normalized spacial score (nSPS) is 14.4. The first-order valence-corrected chi connectivity index (χ1v) is 17.9. The third-order valence-electron chi connectivity index (χ3n) is 8.50. The maximum atomic E-state index is 14.0. The predicted molar refractivity (Wildman–Crippen MR) is 197 cm³/mol. The van der Waals surface area contributed by atoms with Crippen LogP contribution in [0.2, 0.25) is 0 Å². The summed E-state index contributed by atoms with van der Waals surface area (Å²) in [7, 11) is 1.57. The number of hydrogen-bond acceptors (Lipinski definition) is 7. The Morgan fingerprint density at radius 2 is 1.49 bits per heavy atom. The minimum atomic E-state index is -0.926. The molecule has 0 bridgehead atoms. The second kappa shape index (κ2) is 20.4. The maximum absolute atomic E-state index is 14.0. The third-order valence-corrected chi connectivity index (χ3v) is 8.50. The van der Waals surface area contributed by atoms with Crippen molar-refractivity contribution in [2.24, 2.45) is 11.3 Å². The van der Waals surface area contributed by atoms with Crippen molar-refractivity contribution in [2.45, 2.75) is 111 Å². The highest BCUT2D eigenvalue weighted by Gasteiger charge is 2.35. The van der Waals surface area contributed by atoms with Gasteiger partial charge in [-0.2, -0.15) is 4.73 Å². The van der Waals surface area contributed by atoms with Gasteiger partial charge in [0.25, 0.3) is 5.91 Å². The number of carbonyl (C=O) groups excluding carboxylic acids is 5. The van der Waals surface area contributed by atoms with Crippen LogP contribution in [-0.4, -0.2) is 84.8 Å². The molecular weight excluding hydrogens is 650 g/mol. The lowest BCUT2D eigenvalue weighted by Crippen LogP contribution is -2.58. The van der Waals surface area contributed by atoms with E-state index < -0.39 is 42.0 Å². The Morgan fingerprint density at radius 1 is 0.863 bits per heavy atom. The lowest BCUT2D eigenvalue weighted by Gasteiger charge is -2.34. The molecule has 1 aromatic heterocycles. The van der Waals surface area contributed by atoms with Crippen LogP contribution in [-0.2, 0) is 25.6 Å². The Bertz CT molecular complexity index is 1430. The van der Waals surface area contributed by atoms with Crippen molar-refractivity contribution in [3.63, 3.8) is 0 Å². The smallest absolute Gasteiger partial charge is 0.252 e. The van der Waals surface area contributed by atoms with Gasteiger partial charge in [-0.25, -0.2) is 0 Å². The topological polar surface area (TPSA) is 176 Å². The van der Waals surface area contributed by atoms with Crippen molar-refractivity contribution in [3.05, 3.63) is 71.2 Å². The summed E-state index contributed by atoms with van der Waals surface area (Å²) in [6.07, 6.45) is 4.20. The average Bonchev–Trinajstić information content (AvgIpc) is 3.07. The summed E-state index contributed by atoms with van der Waals surface area (Å²) in [4.78, 5) is 68.3. The van der Waals surface area contributed by atoms with E-state index in [0.29, 0.717) is 37.0 Å². The van der Waals surface area contributed by atoms with E-state index in [4.69, 9.17) is 0 Å². The molecular formula is C38H59N7O6. The monoisotopic (exact) mass is 709 g/mol. The fourth-order valence-corrected chi connectivity index (χ4v) is 5.67. The second-order valence-corrected chi connectivity index (χ2v) is 14.6. The first-order chi connectivity index (χ1) is 24.0. The van der Waals surface area contributed by atoms with Crippen LogP contribution in [0.15, 0.2) is 54.9 Å². The van der Waals surface area contributed by atoms with Crippen molar-refractivity contribution >= 4 is 29.5 Å². The maximum Gasteiger partial charge on any atom is 0.252 e. The van der Waals surface area contributed by atoms with Crippen LogP contribution in [0, 0.1) is 16.5 Å². The van der Waals surface area contributed by atoms with Gasteiger partial charge < -0.3 is 36.7 Å². The number of nitrogens with zero attached hydrogens (tertiary/aromatic N) is 2. The van der Waals surface area contributed by atoms with Gasteiger partial charge in [0.2, 0.25) is 23.6 Å². The molecule has 0 spiro atoms. The number of rotatable bonds is 19. The standard InChI is InChI=1S/C38H59N7O6/c1-10-15-31(44(9)37(50)30(23-38(6,7)8)42-34(47)28-18-20-45(51)21-19-28)35(48)41-29(22-27-16-13-12-14-17-27)24-40-26(5)33(46)43-32(25(3)4)36(49)39-11-2/h12-14,16-21,25-26,29-32,40H,10-11,15,22-24H2,1-9H3,(H,39,49)(H,41,48)(H,42,47)(H,43,46)/t26-,29-,30?,31-,32-/m0/s1. The minimum absolute atomic E-state index is 0.117. The van der Waals surface area contributed by atoms with Crippen LogP contribution in [0.3, 0.4) is 0 Å². The van der Waals surface area contributed by atoms with Gasteiger partial charge in [0, 0.05) is 38.3 Å². The van der Waals surface area contributed by atoms with Crippen molar-refractivity contribution in [1.82, 2.24) is 31.5 Å². The number of nitrogens with one attached hydrogen (secondary N) is 5. The van der Waals surface area contributed by atoms with Crippen molar-refractivity contribution < 1.29 is 28.7 Å². The molecule has 1 aromatic carbocycles. The first kappa shape index (κ1) is 42.6. The number of carbonyl (C=O) groups is 5. The molecule has 282 valence electrons. The van der Waals surface area contributed by atoms with Crippen molar-refractivity contribution in [2.75, 3.05) is 20.1 Å². The molecule has 5 amide bonds. The molecule has 0 radical (unpaired) electrons. The van der Waals surface area contributed by atoms with E-state index in [1.54, 1.807) is 14.0 Å². The molecule has 0 aliphatic rings. The van der Waals surface area contributed by atoms with E-state index >= 15 is 0 Å². The first-order valence-electron chi connectivity index (χ1n) is 17.9. The van der Waals surface area contributed by atoms with Gasteiger partial charge in [0.1, 0.15) is 18.1 Å². The van der Waals surface area contributed by atoms with Crippen LogP contribution >= 0.6 is 0 Å². The van der Waals surface area contributed by atoms with Gasteiger partial charge in [0.05, 0.1) is 11.6 Å². The van der Waals surface area contributed by atoms with E-state index in [2.05, 4.69) is 26.6 Å². The van der Waals surface area contributed by atoms with Gasteiger partial charge >= 0.3 is 0 Å². The Balaban J connectivity index is 2.26. The van der Waals surface area contributed by atoms with Gasteiger partial charge in [-0.1, -0.05) is 78.3 Å². The Morgan fingerprint density at radius 3 is 2.04 bits per heavy atom. The molecule has 0 saturated heterocycles. The van der Waals surface area contributed by atoms with E-state index in [0.717, 1.165) is 5.56 Å². The predicted octanol–water partition coefficient (Wildman–Crippen LogP) is 2.46. The lowest BCUT2D eigenvalue weighted by atomic mass is 9.87. The summed E-state index contributed by atoms with van der Waals surface area (Å²) in [5.41, 5.74) is 0.879. The summed E-state index contributed by atoms with van der Waals surface area (Å²) >= 11 is 0. The Hall–Kier alpha value is -4.52. The largest absolute Gasteiger partial charge is 0.619 e. The van der Waals surface area contributed by atoms with Gasteiger partial charge in [0.15, 0.2) is 12.4 Å².